The molecule has 3 amide bonds. The van der Waals surface area contributed by atoms with Crippen LogP contribution in [0, 0.1) is 5.82 Å². The maximum absolute atomic E-state index is 14.1. The van der Waals surface area contributed by atoms with E-state index in [2.05, 4.69) is 10.2 Å². The number of ether oxygens (including phenoxy) is 1. The van der Waals surface area contributed by atoms with Crippen molar-refractivity contribution in [2.45, 2.75) is 32.9 Å². The minimum atomic E-state index is -0.829. The molecule has 1 saturated heterocycles. The van der Waals surface area contributed by atoms with Gasteiger partial charge in [-0.05, 0) is 49.9 Å². The quantitative estimate of drug-likeness (QED) is 0.571. The summed E-state index contributed by atoms with van der Waals surface area (Å²) in [5.74, 6) is -0.980. The van der Waals surface area contributed by atoms with Crippen LogP contribution in [-0.4, -0.2) is 78.0 Å². The highest BCUT2D eigenvalue weighted by Crippen LogP contribution is 2.32. The fraction of sp³-hybridized carbons (Fsp3) is 0.423. The average Bonchev–Trinajstić information content (AvgIpc) is 3.39. The minimum Gasteiger partial charge on any atom is -0.463 e. The van der Waals surface area contributed by atoms with Gasteiger partial charge in [0.2, 0.25) is 0 Å². The number of thiophene rings is 1. The molecule has 2 aromatic rings. The molecule has 0 unspecified atom stereocenters. The number of likely N-dealkylation sites (N-methyl/N-ethyl adjacent to an activating group) is 1. The van der Waals surface area contributed by atoms with Crippen molar-refractivity contribution in [2.24, 2.45) is 0 Å². The summed E-state index contributed by atoms with van der Waals surface area (Å²) in [6, 6.07) is 8.34. The third kappa shape index (κ3) is 5.29. The minimum absolute atomic E-state index is 0.0157. The first-order valence-electron chi connectivity index (χ1n) is 12.1. The molecule has 2 aliphatic rings. The Kier molecular flexibility index (Phi) is 8.05. The molecule has 8 nitrogen and oxygen atoms in total. The van der Waals surface area contributed by atoms with Crippen LogP contribution in [0.25, 0.3) is 0 Å². The van der Waals surface area contributed by atoms with Crippen LogP contribution >= 0.6 is 11.3 Å². The zero-order valence-corrected chi connectivity index (χ0v) is 21.5. The van der Waals surface area contributed by atoms with Gasteiger partial charge >= 0.3 is 12.0 Å². The molecular formula is C26H31FN4O4S. The summed E-state index contributed by atoms with van der Waals surface area (Å²) >= 11 is 1.43. The number of hydrogen-bond donors (Lipinski definition) is 1. The number of halogens is 1. The van der Waals surface area contributed by atoms with Crippen molar-refractivity contribution in [1.82, 2.24) is 20.0 Å². The molecule has 2 aliphatic heterocycles. The molecule has 0 bridgehead atoms. The molecule has 2 atom stereocenters. The Bertz CT molecular complexity index is 1150. The second-order valence-electron chi connectivity index (χ2n) is 8.82. The van der Waals surface area contributed by atoms with Crippen LogP contribution in [-0.2, 0) is 9.53 Å². The maximum atomic E-state index is 14.1. The van der Waals surface area contributed by atoms with Gasteiger partial charge in [-0.2, -0.15) is 0 Å². The summed E-state index contributed by atoms with van der Waals surface area (Å²) in [5, 5.41) is 4.74. The molecule has 3 heterocycles. The van der Waals surface area contributed by atoms with Crippen molar-refractivity contribution in [3.8, 4) is 0 Å². The van der Waals surface area contributed by atoms with Crippen LogP contribution in [0.5, 0.6) is 0 Å². The van der Waals surface area contributed by atoms with E-state index in [9.17, 15) is 18.8 Å². The van der Waals surface area contributed by atoms with Crippen molar-refractivity contribution < 1.29 is 23.5 Å². The summed E-state index contributed by atoms with van der Waals surface area (Å²) in [4.78, 5) is 45.4. The molecule has 0 saturated carbocycles. The lowest BCUT2D eigenvalue weighted by molar-refractivity contribution is -0.139. The van der Waals surface area contributed by atoms with Crippen LogP contribution < -0.4 is 5.32 Å². The zero-order valence-electron chi connectivity index (χ0n) is 20.7. The Morgan fingerprint density at radius 1 is 1.19 bits per heavy atom. The molecule has 1 fully saturated rings. The second kappa shape index (κ2) is 11.2. The molecule has 192 valence electrons. The first-order chi connectivity index (χ1) is 17.3. The first-order valence-corrected chi connectivity index (χ1v) is 13.0. The van der Waals surface area contributed by atoms with Crippen LogP contribution in [0.1, 0.15) is 42.0 Å². The van der Waals surface area contributed by atoms with Crippen LogP contribution in [0.15, 0.2) is 53.0 Å². The van der Waals surface area contributed by atoms with Crippen molar-refractivity contribution in [3.63, 3.8) is 0 Å². The van der Waals surface area contributed by atoms with E-state index in [4.69, 9.17) is 4.74 Å². The van der Waals surface area contributed by atoms with Crippen LogP contribution in [0.3, 0.4) is 0 Å². The Balaban J connectivity index is 1.64. The number of carbonyl (C=O) groups is 3. The van der Waals surface area contributed by atoms with Gasteiger partial charge < -0.3 is 15.0 Å². The number of carbonyl (C=O) groups excluding carboxylic acids is 3. The lowest BCUT2D eigenvalue weighted by Crippen LogP contribution is -2.56. The Morgan fingerprint density at radius 3 is 2.64 bits per heavy atom. The maximum Gasteiger partial charge on any atom is 0.338 e. The van der Waals surface area contributed by atoms with E-state index in [1.54, 1.807) is 19.1 Å². The van der Waals surface area contributed by atoms with E-state index in [0.717, 1.165) is 0 Å². The van der Waals surface area contributed by atoms with Crippen molar-refractivity contribution in [2.75, 3.05) is 39.3 Å². The summed E-state index contributed by atoms with van der Waals surface area (Å²) < 4.78 is 19.4. The van der Waals surface area contributed by atoms with E-state index in [1.807, 2.05) is 36.3 Å². The summed E-state index contributed by atoms with van der Waals surface area (Å²) in [6.07, 6.45) is 0. The van der Waals surface area contributed by atoms with Gasteiger partial charge in [0.1, 0.15) is 5.82 Å². The molecule has 4 rings (SSSR count). The van der Waals surface area contributed by atoms with E-state index in [1.165, 1.54) is 28.4 Å². The van der Waals surface area contributed by atoms with Gasteiger partial charge in [-0.15, -0.1) is 11.3 Å². The zero-order chi connectivity index (χ0) is 25.8. The molecule has 1 aromatic carbocycles. The van der Waals surface area contributed by atoms with Crippen molar-refractivity contribution >= 4 is 29.2 Å². The van der Waals surface area contributed by atoms with Gasteiger partial charge in [0.25, 0.3) is 5.91 Å². The van der Waals surface area contributed by atoms with Crippen molar-refractivity contribution in [3.05, 3.63) is 69.3 Å². The summed E-state index contributed by atoms with van der Waals surface area (Å²) in [7, 11) is 0. The highest BCUT2D eigenvalue weighted by Gasteiger charge is 2.39. The molecule has 0 spiro atoms. The number of piperazine rings is 1. The molecule has 36 heavy (non-hydrogen) atoms. The van der Waals surface area contributed by atoms with Gasteiger partial charge in [-0.1, -0.05) is 18.2 Å². The highest BCUT2D eigenvalue weighted by atomic mass is 32.1. The predicted molar refractivity (Wildman–Crippen MR) is 135 cm³/mol. The topological polar surface area (TPSA) is 82.2 Å². The standard InChI is InChI=1S/C26H31FN4O4S/c1-4-30-20(16-29-11-12-31(17(3)15-29)24(32)21-10-7-13-36-21)22(25(33)35-5-2)23(28-26(30)34)18-8-6-9-19(27)14-18/h6-10,13-14,17,23H,4-5,11-12,15-16H2,1-3H3,(H,28,34)/t17-,23+/m0/s1. The van der Waals surface area contributed by atoms with Gasteiger partial charge in [0.05, 0.1) is 23.1 Å². The Hall–Kier alpha value is -3.24. The lowest BCUT2D eigenvalue weighted by Gasteiger charge is -2.42. The molecule has 10 heteroatoms. The first kappa shape index (κ1) is 25.8. The van der Waals surface area contributed by atoms with Crippen LogP contribution in [0.4, 0.5) is 9.18 Å². The number of amides is 3. The second-order valence-corrected chi connectivity index (χ2v) is 9.77. The Morgan fingerprint density at radius 2 is 2.00 bits per heavy atom. The number of urea groups is 1. The number of rotatable bonds is 7. The highest BCUT2D eigenvalue weighted by molar-refractivity contribution is 7.12. The number of benzene rings is 1. The van der Waals surface area contributed by atoms with Gasteiger partial charge in [-0.3, -0.25) is 14.6 Å². The third-order valence-corrected chi connectivity index (χ3v) is 7.37. The van der Waals surface area contributed by atoms with E-state index < -0.39 is 17.8 Å². The smallest absolute Gasteiger partial charge is 0.338 e. The average molecular weight is 515 g/mol. The molecular weight excluding hydrogens is 483 g/mol. The molecule has 0 radical (unpaired) electrons. The largest absolute Gasteiger partial charge is 0.463 e. The predicted octanol–water partition coefficient (Wildman–Crippen LogP) is 3.64. The van der Waals surface area contributed by atoms with Gasteiger partial charge in [0, 0.05) is 44.5 Å². The van der Waals surface area contributed by atoms with E-state index >= 15 is 0 Å². The SMILES string of the molecule is CCOC(=O)C1=C(CN2CCN(C(=O)c3cccs3)[C@@H](C)C2)N(CC)C(=O)N[C@@H]1c1cccc(F)c1. The number of esters is 1. The molecule has 0 aliphatic carbocycles. The van der Waals surface area contributed by atoms with Crippen LogP contribution in [0.2, 0.25) is 0 Å². The van der Waals surface area contributed by atoms with E-state index in [-0.39, 0.29) is 24.6 Å². The van der Waals surface area contributed by atoms with E-state index in [0.29, 0.717) is 54.4 Å². The third-order valence-electron chi connectivity index (χ3n) is 6.51. The fourth-order valence-electron chi connectivity index (χ4n) is 4.83. The molecule has 1 aromatic heterocycles. The number of nitrogens with one attached hydrogen (secondary N) is 1. The Labute approximate surface area is 214 Å². The summed E-state index contributed by atoms with van der Waals surface area (Å²) in [5.41, 5.74) is 1.31. The number of nitrogens with zero attached hydrogens (tertiary/aromatic N) is 3. The number of hydrogen-bond acceptors (Lipinski definition) is 6. The monoisotopic (exact) mass is 514 g/mol. The lowest BCUT2D eigenvalue weighted by atomic mass is 9.94. The van der Waals surface area contributed by atoms with Crippen molar-refractivity contribution in [1.29, 1.82) is 0 Å². The molecule has 1 N–H and O–H groups in total. The summed E-state index contributed by atoms with van der Waals surface area (Å²) in [6.45, 7) is 8.12. The normalized spacial score (nSPS) is 20.9. The van der Waals surface area contributed by atoms with Gasteiger partial charge in [-0.25, -0.2) is 14.0 Å². The van der Waals surface area contributed by atoms with Gasteiger partial charge in [0.15, 0.2) is 0 Å². The fourth-order valence-corrected chi connectivity index (χ4v) is 5.50.